The van der Waals surface area contributed by atoms with E-state index in [-0.39, 0.29) is 12.2 Å². The zero-order valence-electron chi connectivity index (χ0n) is 17.4. The summed E-state index contributed by atoms with van der Waals surface area (Å²) in [5.74, 6) is 0.725. The van der Waals surface area contributed by atoms with E-state index in [0.717, 1.165) is 38.9 Å². The van der Waals surface area contributed by atoms with Gasteiger partial charge in [0.2, 0.25) is 0 Å². The van der Waals surface area contributed by atoms with Crippen LogP contribution in [-0.4, -0.2) is 22.8 Å². The van der Waals surface area contributed by atoms with Gasteiger partial charge in [0.25, 0.3) is 0 Å². The minimum absolute atomic E-state index is 0.221. The molecule has 1 N–H and O–H groups in total. The number of nitrogens with zero attached hydrogens (tertiary/aromatic N) is 2. The third kappa shape index (κ3) is 4.23. The molecule has 0 bridgehead atoms. The van der Waals surface area contributed by atoms with Gasteiger partial charge in [0.1, 0.15) is 18.5 Å². The van der Waals surface area contributed by atoms with Crippen LogP contribution in [0.1, 0.15) is 35.8 Å². The van der Waals surface area contributed by atoms with Crippen molar-refractivity contribution in [3.8, 4) is 22.9 Å². The summed E-state index contributed by atoms with van der Waals surface area (Å²) in [5, 5.41) is 25.7. The Kier molecular flexibility index (Phi) is 5.87. The van der Waals surface area contributed by atoms with Gasteiger partial charge < -0.3 is 14.6 Å². The molecule has 1 saturated heterocycles. The first kappa shape index (κ1) is 20.7. The van der Waals surface area contributed by atoms with Gasteiger partial charge in [-0.1, -0.05) is 12.1 Å². The zero-order chi connectivity index (χ0) is 21.9. The van der Waals surface area contributed by atoms with E-state index in [1.807, 2.05) is 47.8 Å². The minimum atomic E-state index is -0.364. The number of aliphatic hydroxyl groups is 1. The molecule has 0 radical (unpaired) electrons. The van der Waals surface area contributed by atoms with Crippen molar-refractivity contribution in [1.82, 2.24) is 4.98 Å². The topological polar surface area (TPSA) is 75.4 Å². The van der Waals surface area contributed by atoms with E-state index in [2.05, 4.69) is 22.5 Å². The molecule has 32 heavy (non-hydrogen) atoms. The Hall–Kier alpha value is -3.24. The molecule has 0 aliphatic carbocycles. The average molecular weight is 443 g/mol. The fourth-order valence-electron chi connectivity index (χ4n) is 4.15. The van der Waals surface area contributed by atoms with Crippen molar-refractivity contribution >= 4 is 22.1 Å². The van der Waals surface area contributed by atoms with Gasteiger partial charge in [-0.15, -0.1) is 0 Å². The first-order chi connectivity index (χ1) is 15.7. The molecule has 0 spiro atoms. The molecule has 2 aromatic heterocycles. The number of pyridine rings is 1. The van der Waals surface area contributed by atoms with E-state index in [0.29, 0.717) is 31.6 Å². The van der Waals surface area contributed by atoms with Crippen LogP contribution >= 0.6 is 11.3 Å². The van der Waals surface area contributed by atoms with Crippen molar-refractivity contribution in [2.75, 3.05) is 6.61 Å². The van der Waals surface area contributed by atoms with Gasteiger partial charge in [-0.2, -0.15) is 16.6 Å². The van der Waals surface area contributed by atoms with Gasteiger partial charge in [0.15, 0.2) is 0 Å². The number of nitriles is 1. The van der Waals surface area contributed by atoms with Crippen molar-refractivity contribution in [3.63, 3.8) is 0 Å². The van der Waals surface area contributed by atoms with Crippen molar-refractivity contribution in [2.24, 2.45) is 0 Å². The molecule has 3 heterocycles. The predicted octanol–water partition coefficient (Wildman–Crippen LogP) is 5.63. The van der Waals surface area contributed by atoms with E-state index in [9.17, 15) is 10.4 Å². The molecule has 6 heteroatoms. The molecule has 2 atom stereocenters. The number of aliphatic hydroxyl groups excluding tert-OH is 1. The van der Waals surface area contributed by atoms with Crippen LogP contribution in [0.3, 0.4) is 0 Å². The zero-order valence-corrected chi connectivity index (χ0v) is 18.2. The van der Waals surface area contributed by atoms with Crippen molar-refractivity contribution in [3.05, 3.63) is 82.3 Å². The summed E-state index contributed by atoms with van der Waals surface area (Å²) in [7, 11) is 0. The van der Waals surface area contributed by atoms with Crippen LogP contribution in [0, 0.1) is 11.3 Å². The number of ether oxygens (including phenoxy) is 2. The summed E-state index contributed by atoms with van der Waals surface area (Å²) in [5.41, 5.74) is 4.54. The molecule has 160 valence electrons. The van der Waals surface area contributed by atoms with Crippen LogP contribution in [0.25, 0.3) is 21.9 Å². The molecule has 2 unspecified atom stereocenters. The smallest absolute Gasteiger partial charge is 0.120 e. The quantitative estimate of drug-likeness (QED) is 0.434. The van der Waals surface area contributed by atoms with Crippen molar-refractivity contribution < 1.29 is 14.6 Å². The molecular formula is C26H22N2O3S. The van der Waals surface area contributed by atoms with Crippen LogP contribution in [0.4, 0.5) is 0 Å². The largest absolute Gasteiger partial charge is 0.489 e. The maximum atomic E-state index is 10.0. The van der Waals surface area contributed by atoms with E-state index in [1.165, 1.54) is 0 Å². The van der Waals surface area contributed by atoms with Crippen molar-refractivity contribution in [2.45, 2.75) is 31.7 Å². The predicted molar refractivity (Wildman–Crippen MR) is 124 cm³/mol. The highest BCUT2D eigenvalue weighted by atomic mass is 32.1. The Morgan fingerprint density at radius 1 is 1.22 bits per heavy atom. The highest BCUT2D eigenvalue weighted by Crippen LogP contribution is 2.34. The average Bonchev–Trinajstić information content (AvgIpc) is 3.37. The molecule has 1 fully saturated rings. The number of rotatable bonds is 5. The summed E-state index contributed by atoms with van der Waals surface area (Å²) in [6.45, 7) is 0.876. The second-order valence-electron chi connectivity index (χ2n) is 7.90. The molecular weight excluding hydrogens is 420 g/mol. The van der Waals surface area contributed by atoms with Crippen LogP contribution in [0.15, 0.2) is 65.5 Å². The summed E-state index contributed by atoms with van der Waals surface area (Å²) in [6, 6.07) is 18.0. The molecule has 0 amide bonds. The third-order valence-electron chi connectivity index (χ3n) is 5.77. The molecule has 4 aromatic rings. The van der Waals surface area contributed by atoms with E-state index in [1.54, 1.807) is 17.5 Å². The molecule has 1 aliphatic rings. The lowest BCUT2D eigenvalue weighted by molar-refractivity contribution is -0.0473. The van der Waals surface area contributed by atoms with Gasteiger partial charge in [-0.05, 0) is 75.5 Å². The van der Waals surface area contributed by atoms with Gasteiger partial charge in [0, 0.05) is 24.8 Å². The number of aromatic nitrogens is 1. The Morgan fingerprint density at radius 3 is 2.97 bits per heavy atom. The normalized spacial score (nSPS) is 18.4. The highest BCUT2D eigenvalue weighted by molar-refractivity contribution is 7.08. The summed E-state index contributed by atoms with van der Waals surface area (Å²) in [4.78, 5) is 4.51. The Bertz CT molecular complexity index is 1280. The van der Waals surface area contributed by atoms with Gasteiger partial charge >= 0.3 is 0 Å². The maximum absolute atomic E-state index is 10.0. The fraction of sp³-hybridized carbons (Fsp3) is 0.231. The van der Waals surface area contributed by atoms with Gasteiger partial charge in [-0.25, -0.2) is 0 Å². The summed E-state index contributed by atoms with van der Waals surface area (Å²) < 4.78 is 12.0. The van der Waals surface area contributed by atoms with E-state index >= 15 is 0 Å². The number of thiophene rings is 1. The molecule has 0 saturated carbocycles. The first-order valence-corrected chi connectivity index (χ1v) is 11.5. The van der Waals surface area contributed by atoms with Crippen molar-refractivity contribution in [1.29, 1.82) is 5.26 Å². The van der Waals surface area contributed by atoms with Crippen LogP contribution in [-0.2, 0) is 11.3 Å². The van der Waals surface area contributed by atoms with E-state index < -0.39 is 0 Å². The Balaban J connectivity index is 1.42. The van der Waals surface area contributed by atoms with Crippen LogP contribution < -0.4 is 4.74 Å². The summed E-state index contributed by atoms with van der Waals surface area (Å²) in [6.07, 6.45) is 2.36. The Morgan fingerprint density at radius 2 is 2.16 bits per heavy atom. The minimum Gasteiger partial charge on any atom is -0.489 e. The summed E-state index contributed by atoms with van der Waals surface area (Å²) >= 11 is 1.64. The second kappa shape index (κ2) is 9.09. The number of fused-ring (bicyclic) bond motifs is 1. The number of hydrogen-bond donors (Lipinski definition) is 1. The standard InChI is InChI=1S/C26H22N2O3S/c27-14-17-10-20-12-22(3-4-23(20)24(11-17)19-6-9-32-16-19)31-15-18-2-1-7-28-26(18)25-13-21(29)5-8-30-25/h1-4,6-7,9-12,16,21,25,29H,5,8,13,15H2. The maximum Gasteiger partial charge on any atom is 0.120 e. The SMILES string of the molecule is N#Cc1cc(-c2ccsc2)c2ccc(OCc3cccnc3C3CC(O)CCO3)cc2c1. The fourth-order valence-corrected chi connectivity index (χ4v) is 4.81. The third-order valence-corrected chi connectivity index (χ3v) is 6.45. The lowest BCUT2D eigenvalue weighted by atomic mass is 9.97. The number of hydrogen-bond acceptors (Lipinski definition) is 6. The molecule has 1 aliphatic heterocycles. The second-order valence-corrected chi connectivity index (χ2v) is 8.68. The molecule has 5 nitrogen and oxygen atoms in total. The van der Waals surface area contributed by atoms with Gasteiger partial charge in [-0.3, -0.25) is 4.98 Å². The van der Waals surface area contributed by atoms with E-state index in [4.69, 9.17) is 9.47 Å². The Labute approximate surface area is 190 Å². The van der Waals surface area contributed by atoms with Crippen LogP contribution in [0.2, 0.25) is 0 Å². The first-order valence-electron chi connectivity index (χ1n) is 10.6. The lowest BCUT2D eigenvalue weighted by Crippen LogP contribution is -2.25. The lowest BCUT2D eigenvalue weighted by Gasteiger charge is -2.27. The molecule has 5 rings (SSSR count). The molecule has 2 aromatic carbocycles. The monoisotopic (exact) mass is 442 g/mol. The van der Waals surface area contributed by atoms with Gasteiger partial charge in [0.05, 0.1) is 23.4 Å². The highest BCUT2D eigenvalue weighted by Gasteiger charge is 2.25. The van der Waals surface area contributed by atoms with Crippen LogP contribution in [0.5, 0.6) is 5.75 Å². The number of benzene rings is 2.